The van der Waals surface area contributed by atoms with E-state index in [1.807, 2.05) is 0 Å². The van der Waals surface area contributed by atoms with E-state index in [1.165, 1.54) is 57.8 Å². The molecular weight excluding hydrogens is 244 g/mol. The van der Waals surface area contributed by atoms with Crippen molar-refractivity contribution >= 4 is 0 Å². The molecular formula is C19H32O. The molecule has 0 aromatic rings. The van der Waals surface area contributed by atoms with Crippen molar-refractivity contribution in [3.8, 4) is 0 Å². The van der Waals surface area contributed by atoms with Crippen molar-refractivity contribution in [1.82, 2.24) is 0 Å². The van der Waals surface area contributed by atoms with Gasteiger partial charge in [0.05, 0.1) is 6.10 Å². The zero-order chi connectivity index (χ0) is 14.0. The Morgan fingerprint density at radius 1 is 0.750 bits per heavy atom. The molecule has 4 fully saturated rings. The maximum absolute atomic E-state index is 10.5. The number of hydrogen-bond donors (Lipinski definition) is 1. The van der Waals surface area contributed by atoms with Crippen LogP contribution in [0.4, 0.5) is 0 Å². The molecule has 0 heterocycles. The monoisotopic (exact) mass is 276 g/mol. The van der Waals surface area contributed by atoms with Crippen molar-refractivity contribution in [3.63, 3.8) is 0 Å². The van der Waals surface area contributed by atoms with E-state index in [0.29, 0.717) is 16.7 Å². The molecule has 6 unspecified atom stereocenters. The summed E-state index contributed by atoms with van der Waals surface area (Å²) in [4.78, 5) is 0. The van der Waals surface area contributed by atoms with Gasteiger partial charge in [0.25, 0.3) is 0 Å². The maximum Gasteiger partial charge on any atom is 0.0573 e. The Hall–Kier alpha value is -0.0400. The van der Waals surface area contributed by atoms with Crippen LogP contribution < -0.4 is 0 Å². The van der Waals surface area contributed by atoms with E-state index < -0.39 is 0 Å². The predicted octanol–water partition coefficient (Wildman–Crippen LogP) is 4.78. The first-order valence-corrected chi connectivity index (χ1v) is 9.23. The fraction of sp³-hybridized carbons (Fsp3) is 1.00. The Morgan fingerprint density at radius 3 is 2.40 bits per heavy atom. The van der Waals surface area contributed by atoms with Gasteiger partial charge in [-0.2, -0.15) is 0 Å². The van der Waals surface area contributed by atoms with E-state index in [2.05, 4.69) is 13.8 Å². The smallest absolute Gasteiger partial charge is 0.0573 e. The molecule has 0 amide bonds. The summed E-state index contributed by atoms with van der Waals surface area (Å²) in [7, 11) is 0. The molecule has 4 saturated carbocycles. The van der Waals surface area contributed by atoms with Gasteiger partial charge >= 0.3 is 0 Å². The summed E-state index contributed by atoms with van der Waals surface area (Å²) >= 11 is 0. The van der Waals surface area contributed by atoms with Crippen molar-refractivity contribution in [1.29, 1.82) is 0 Å². The highest BCUT2D eigenvalue weighted by atomic mass is 16.3. The summed E-state index contributed by atoms with van der Waals surface area (Å²) in [6.07, 6.45) is 13.9. The van der Waals surface area contributed by atoms with Crippen LogP contribution >= 0.6 is 0 Å². The second kappa shape index (κ2) is 4.48. The molecule has 0 radical (unpaired) electrons. The molecule has 1 heteroatoms. The SMILES string of the molecule is CC12CCCC1C1CC[C@H]3C(O)CCCC3(C)C1CC2. The lowest BCUT2D eigenvalue weighted by atomic mass is 9.45. The third-order valence-electron chi connectivity index (χ3n) is 8.40. The molecule has 0 spiro atoms. The highest BCUT2D eigenvalue weighted by Gasteiger charge is 2.58. The van der Waals surface area contributed by atoms with Crippen molar-refractivity contribution in [2.75, 3.05) is 0 Å². The van der Waals surface area contributed by atoms with Crippen LogP contribution in [0.3, 0.4) is 0 Å². The van der Waals surface area contributed by atoms with Gasteiger partial charge in [-0.3, -0.25) is 0 Å². The van der Waals surface area contributed by atoms with Crippen LogP contribution in [0.25, 0.3) is 0 Å². The first-order chi connectivity index (χ1) is 9.55. The van der Waals surface area contributed by atoms with Gasteiger partial charge in [-0.1, -0.05) is 26.7 Å². The molecule has 1 N–H and O–H groups in total. The molecule has 0 saturated heterocycles. The van der Waals surface area contributed by atoms with Crippen LogP contribution in [0.1, 0.15) is 78.1 Å². The zero-order valence-corrected chi connectivity index (χ0v) is 13.4. The van der Waals surface area contributed by atoms with E-state index in [-0.39, 0.29) is 6.10 Å². The Bertz CT molecular complexity index is 391. The molecule has 0 aliphatic heterocycles. The fourth-order valence-corrected chi connectivity index (χ4v) is 7.37. The van der Waals surface area contributed by atoms with Gasteiger partial charge in [0.15, 0.2) is 0 Å². The maximum atomic E-state index is 10.5. The summed E-state index contributed by atoms with van der Waals surface area (Å²) in [5.74, 6) is 3.54. The quantitative estimate of drug-likeness (QED) is 0.675. The Kier molecular flexibility index (Phi) is 3.05. The zero-order valence-electron chi connectivity index (χ0n) is 13.4. The molecule has 0 bridgehead atoms. The van der Waals surface area contributed by atoms with Crippen LogP contribution in [0.2, 0.25) is 0 Å². The van der Waals surface area contributed by atoms with Gasteiger partial charge in [0.2, 0.25) is 0 Å². The minimum Gasteiger partial charge on any atom is -0.393 e. The summed E-state index contributed by atoms with van der Waals surface area (Å²) in [5.41, 5.74) is 1.14. The number of rotatable bonds is 0. The first-order valence-electron chi connectivity index (χ1n) is 9.23. The van der Waals surface area contributed by atoms with Crippen molar-refractivity contribution < 1.29 is 5.11 Å². The van der Waals surface area contributed by atoms with Crippen LogP contribution in [-0.2, 0) is 0 Å². The average Bonchev–Trinajstić information content (AvgIpc) is 2.80. The molecule has 0 aromatic heterocycles. The molecule has 114 valence electrons. The van der Waals surface area contributed by atoms with Gasteiger partial charge < -0.3 is 5.11 Å². The third kappa shape index (κ3) is 1.71. The van der Waals surface area contributed by atoms with Crippen LogP contribution in [0.15, 0.2) is 0 Å². The highest BCUT2D eigenvalue weighted by Crippen LogP contribution is 2.66. The number of fused-ring (bicyclic) bond motifs is 5. The first kappa shape index (κ1) is 13.6. The lowest BCUT2D eigenvalue weighted by Gasteiger charge is -2.60. The molecule has 4 rings (SSSR count). The Labute approximate surface area is 124 Å². The van der Waals surface area contributed by atoms with Gasteiger partial charge in [-0.15, -0.1) is 0 Å². The number of hydrogen-bond acceptors (Lipinski definition) is 1. The van der Waals surface area contributed by atoms with Crippen LogP contribution in [0, 0.1) is 34.5 Å². The number of aliphatic hydroxyl groups excluding tert-OH is 1. The van der Waals surface area contributed by atoms with E-state index >= 15 is 0 Å². The standard InChI is InChI=1S/C19H32O/c1-18-10-3-5-14(18)13-7-8-16-17(20)6-4-11-19(16,2)15(13)9-12-18/h13-17,20H,3-12H2,1-2H3/t13?,14?,15?,16-,17?,18?,19?/m0/s1. The molecule has 4 aliphatic carbocycles. The average molecular weight is 276 g/mol. The Balaban J connectivity index is 1.65. The van der Waals surface area contributed by atoms with Crippen molar-refractivity contribution in [2.24, 2.45) is 34.5 Å². The minimum absolute atomic E-state index is 0.00610. The van der Waals surface area contributed by atoms with Gasteiger partial charge in [-0.25, -0.2) is 0 Å². The summed E-state index contributed by atoms with van der Waals surface area (Å²) < 4.78 is 0. The lowest BCUT2D eigenvalue weighted by molar-refractivity contribution is -0.139. The predicted molar refractivity (Wildman–Crippen MR) is 82.4 cm³/mol. The lowest BCUT2D eigenvalue weighted by Crippen LogP contribution is -2.54. The molecule has 0 aromatic carbocycles. The van der Waals surface area contributed by atoms with E-state index in [4.69, 9.17) is 0 Å². The molecule has 4 aliphatic rings. The molecule has 1 nitrogen and oxygen atoms in total. The van der Waals surface area contributed by atoms with Crippen molar-refractivity contribution in [3.05, 3.63) is 0 Å². The number of aliphatic hydroxyl groups is 1. The largest absolute Gasteiger partial charge is 0.393 e. The second-order valence-corrected chi connectivity index (χ2v) is 9.11. The van der Waals surface area contributed by atoms with E-state index in [1.54, 1.807) is 0 Å². The van der Waals surface area contributed by atoms with E-state index in [0.717, 1.165) is 24.2 Å². The summed E-state index contributed by atoms with van der Waals surface area (Å²) in [6, 6.07) is 0. The van der Waals surface area contributed by atoms with E-state index in [9.17, 15) is 5.11 Å². The fourth-order valence-electron chi connectivity index (χ4n) is 7.37. The van der Waals surface area contributed by atoms with Crippen LogP contribution in [0.5, 0.6) is 0 Å². The van der Waals surface area contributed by atoms with Gasteiger partial charge in [-0.05, 0) is 85.9 Å². The summed E-state index contributed by atoms with van der Waals surface area (Å²) in [5, 5.41) is 10.5. The highest BCUT2D eigenvalue weighted by molar-refractivity contribution is 5.07. The Morgan fingerprint density at radius 2 is 1.55 bits per heavy atom. The molecule has 7 atom stereocenters. The van der Waals surface area contributed by atoms with Crippen LogP contribution in [-0.4, -0.2) is 11.2 Å². The van der Waals surface area contributed by atoms with Gasteiger partial charge in [0.1, 0.15) is 0 Å². The summed E-state index contributed by atoms with van der Waals surface area (Å²) in [6.45, 7) is 5.14. The minimum atomic E-state index is 0.00610. The second-order valence-electron chi connectivity index (χ2n) is 9.11. The normalized spacial score (nSPS) is 58.6. The molecule has 20 heavy (non-hydrogen) atoms. The topological polar surface area (TPSA) is 20.2 Å². The van der Waals surface area contributed by atoms with Crippen molar-refractivity contribution in [2.45, 2.75) is 84.2 Å². The third-order valence-corrected chi connectivity index (χ3v) is 8.40. The van der Waals surface area contributed by atoms with Gasteiger partial charge in [0, 0.05) is 0 Å².